The minimum atomic E-state index is -0.278. The number of hydrazone groups is 1. The Labute approximate surface area is 146 Å². The fourth-order valence-electron chi connectivity index (χ4n) is 1.97. The maximum absolute atomic E-state index is 11.8. The van der Waals surface area contributed by atoms with Gasteiger partial charge in [-0.15, -0.1) is 0 Å². The van der Waals surface area contributed by atoms with Crippen LogP contribution in [0.5, 0.6) is 0 Å². The monoisotopic (exact) mass is 348 g/mol. The first-order valence-corrected chi connectivity index (χ1v) is 8.10. The number of ether oxygens (including phenoxy) is 1. The van der Waals surface area contributed by atoms with Crippen molar-refractivity contribution in [3.63, 3.8) is 0 Å². The largest absolute Gasteiger partial charge is 0.466 e. The summed E-state index contributed by atoms with van der Waals surface area (Å²) in [7, 11) is 0. The van der Waals surface area contributed by atoms with E-state index in [1.54, 1.807) is 31.2 Å². The molecule has 0 radical (unpaired) electrons. The van der Waals surface area contributed by atoms with Gasteiger partial charge in [0, 0.05) is 31.5 Å². The summed E-state index contributed by atoms with van der Waals surface area (Å²) in [5, 5.41) is 8.79. The van der Waals surface area contributed by atoms with E-state index in [2.05, 4.69) is 15.7 Å². The van der Waals surface area contributed by atoms with Gasteiger partial charge in [-0.25, -0.2) is 0 Å². The van der Waals surface area contributed by atoms with Crippen molar-refractivity contribution < 1.29 is 19.1 Å². The number of amides is 2. The molecule has 0 saturated heterocycles. The zero-order valence-corrected chi connectivity index (χ0v) is 14.3. The van der Waals surface area contributed by atoms with Crippen molar-refractivity contribution in [2.75, 3.05) is 18.5 Å². The van der Waals surface area contributed by atoms with Crippen molar-refractivity contribution in [2.24, 2.45) is 10.9 Å². The van der Waals surface area contributed by atoms with Crippen molar-refractivity contribution in [3.05, 3.63) is 29.8 Å². The van der Waals surface area contributed by atoms with Gasteiger partial charge in [-0.3, -0.25) is 14.4 Å². The molecule has 0 bridgehead atoms. The molecular formula is C17H24N4O4. The molecule has 1 rings (SSSR count). The topological polar surface area (TPSA) is 123 Å². The second kappa shape index (κ2) is 11.6. The number of nitrogens with zero attached hydrogens (tertiary/aromatic N) is 1. The molecule has 2 amide bonds. The molecule has 0 aliphatic rings. The molecule has 0 fully saturated rings. The minimum Gasteiger partial charge on any atom is -0.466 e. The number of esters is 1. The van der Waals surface area contributed by atoms with E-state index in [0.717, 1.165) is 5.56 Å². The van der Waals surface area contributed by atoms with Crippen LogP contribution in [-0.2, 0) is 19.1 Å². The molecule has 0 atom stereocenters. The van der Waals surface area contributed by atoms with E-state index < -0.39 is 0 Å². The lowest BCUT2D eigenvalue weighted by atomic mass is 10.2. The second-order valence-electron chi connectivity index (χ2n) is 5.21. The number of nitrogens with two attached hydrogens (primary N) is 1. The van der Waals surface area contributed by atoms with Crippen molar-refractivity contribution >= 4 is 29.7 Å². The first-order chi connectivity index (χ1) is 12.0. The highest BCUT2D eigenvalue weighted by Gasteiger charge is 2.08. The zero-order valence-electron chi connectivity index (χ0n) is 14.3. The summed E-state index contributed by atoms with van der Waals surface area (Å²) in [6.45, 7) is 2.47. The molecule has 1 aromatic rings. The van der Waals surface area contributed by atoms with Gasteiger partial charge in [0.25, 0.3) is 0 Å². The zero-order chi connectivity index (χ0) is 18.5. The molecule has 4 N–H and O–H groups in total. The molecule has 0 aliphatic heterocycles. The Bertz CT molecular complexity index is 599. The number of carbonyl (C=O) groups excluding carboxylic acids is 3. The van der Waals surface area contributed by atoms with E-state index in [4.69, 9.17) is 10.6 Å². The maximum atomic E-state index is 11.8. The van der Waals surface area contributed by atoms with Crippen LogP contribution in [0, 0.1) is 0 Å². The Morgan fingerprint density at radius 3 is 2.44 bits per heavy atom. The molecule has 0 heterocycles. The number of rotatable bonds is 10. The van der Waals surface area contributed by atoms with Crippen LogP contribution in [0.2, 0.25) is 0 Å². The number of hydrogen-bond donors (Lipinski definition) is 3. The highest BCUT2D eigenvalue weighted by Crippen LogP contribution is 2.09. The summed E-state index contributed by atoms with van der Waals surface area (Å²) in [6.07, 6.45) is 2.44. The highest BCUT2D eigenvalue weighted by atomic mass is 16.5. The van der Waals surface area contributed by atoms with Gasteiger partial charge in [-0.1, -0.05) is 12.1 Å². The summed E-state index contributed by atoms with van der Waals surface area (Å²) in [5.41, 5.74) is 1.46. The van der Waals surface area contributed by atoms with E-state index in [1.165, 1.54) is 6.21 Å². The number of carbonyl (C=O) groups is 3. The van der Waals surface area contributed by atoms with E-state index in [0.29, 0.717) is 25.3 Å². The van der Waals surface area contributed by atoms with Crippen LogP contribution >= 0.6 is 0 Å². The van der Waals surface area contributed by atoms with Gasteiger partial charge in [0.1, 0.15) is 0 Å². The van der Waals surface area contributed by atoms with E-state index in [-0.39, 0.29) is 37.0 Å². The molecule has 0 aliphatic carbocycles. The third kappa shape index (κ3) is 9.09. The van der Waals surface area contributed by atoms with Gasteiger partial charge in [-0.2, -0.15) is 5.10 Å². The van der Waals surface area contributed by atoms with Gasteiger partial charge >= 0.3 is 5.97 Å². The molecule has 8 nitrogen and oxygen atoms in total. The SMILES string of the molecule is CCOC(=O)CCCNC(=O)CCC(=O)Nc1ccc(/C=N/N)cc1. The smallest absolute Gasteiger partial charge is 0.305 e. The molecule has 0 aromatic heterocycles. The second-order valence-corrected chi connectivity index (χ2v) is 5.21. The summed E-state index contributed by atoms with van der Waals surface area (Å²) in [4.78, 5) is 34.6. The highest BCUT2D eigenvalue weighted by molar-refractivity contribution is 5.93. The number of benzene rings is 1. The lowest BCUT2D eigenvalue weighted by molar-refractivity contribution is -0.143. The van der Waals surface area contributed by atoms with Crippen molar-refractivity contribution in [1.82, 2.24) is 5.32 Å². The van der Waals surface area contributed by atoms with Crippen LogP contribution in [0.3, 0.4) is 0 Å². The summed E-state index contributed by atoms with van der Waals surface area (Å²) in [6, 6.07) is 6.99. The van der Waals surface area contributed by atoms with Crippen molar-refractivity contribution in [1.29, 1.82) is 0 Å². The van der Waals surface area contributed by atoms with Crippen LogP contribution in [0.4, 0.5) is 5.69 Å². The third-order valence-corrected chi connectivity index (χ3v) is 3.18. The first kappa shape index (κ1) is 20.1. The van der Waals surface area contributed by atoms with Crippen molar-refractivity contribution in [2.45, 2.75) is 32.6 Å². The molecule has 25 heavy (non-hydrogen) atoms. The average molecular weight is 348 g/mol. The lowest BCUT2D eigenvalue weighted by Crippen LogP contribution is -2.26. The molecule has 0 spiro atoms. The van der Waals surface area contributed by atoms with E-state index in [9.17, 15) is 14.4 Å². The minimum absolute atomic E-state index is 0.0791. The predicted molar refractivity (Wildman–Crippen MR) is 95.0 cm³/mol. The Morgan fingerprint density at radius 1 is 1.12 bits per heavy atom. The molecule has 136 valence electrons. The molecular weight excluding hydrogens is 324 g/mol. The van der Waals surface area contributed by atoms with Gasteiger partial charge in [0.15, 0.2) is 0 Å². The molecule has 0 saturated carbocycles. The van der Waals surface area contributed by atoms with Crippen molar-refractivity contribution in [3.8, 4) is 0 Å². The fraction of sp³-hybridized carbons (Fsp3) is 0.412. The lowest BCUT2D eigenvalue weighted by Gasteiger charge is -2.07. The van der Waals surface area contributed by atoms with Crippen LogP contribution < -0.4 is 16.5 Å². The Balaban J connectivity index is 2.20. The Morgan fingerprint density at radius 2 is 1.80 bits per heavy atom. The molecule has 1 aromatic carbocycles. The number of anilines is 1. The Kier molecular flexibility index (Phi) is 9.35. The van der Waals surface area contributed by atoms with Crippen LogP contribution in [0.25, 0.3) is 0 Å². The summed E-state index contributed by atoms with van der Waals surface area (Å²) < 4.78 is 4.79. The normalized spacial score (nSPS) is 10.4. The van der Waals surface area contributed by atoms with Crippen LogP contribution in [0.15, 0.2) is 29.4 Å². The van der Waals surface area contributed by atoms with Gasteiger partial charge in [0.05, 0.1) is 12.8 Å². The van der Waals surface area contributed by atoms with Crippen LogP contribution in [-0.4, -0.2) is 37.1 Å². The molecule has 0 unspecified atom stereocenters. The average Bonchev–Trinajstić information content (AvgIpc) is 2.59. The van der Waals surface area contributed by atoms with E-state index in [1.807, 2.05) is 0 Å². The summed E-state index contributed by atoms with van der Waals surface area (Å²) >= 11 is 0. The first-order valence-electron chi connectivity index (χ1n) is 8.10. The quantitative estimate of drug-likeness (QED) is 0.192. The Hall–Kier alpha value is -2.90. The van der Waals surface area contributed by atoms with Gasteiger partial charge < -0.3 is 21.2 Å². The fourth-order valence-corrected chi connectivity index (χ4v) is 1.97. The third-order valence-electron chi connectivity index (χ3n) is 3.18. The molecule has 8 heteroatoms. The summed E-state index contributed by atoms with van der Waals surface area (Å²) in [5.74, 6) is 4.30. The van der Waals surface area contributed by atoms with Crippen LogP contribution in [0.1, 0.15) is 38.2 Å². The number of hydrogen-bond acceptors (Lipinski definition) is 6. The number of nitrogens with one attached hydrogen (secondary N) is 2. The predicted octanol–water partition coefficient (Wildman–Crippen LogP) is 1.16. The van der Waals surface area contributed by atoms with Gasteiger partial charge in [-0.05, 0) is 31.0 Å². The van der Waals surface area contributed by atoms with Gasteiger partial charge in [0.2, 0.25) is 11.8 Å². The van der Waals surface area contributed by atoms with E-state index >= 15 is 0 Å². The maximum Gasteiger partial charge on any atom is 0.305 e. The standard InChI is InChI=1S/C17H24N4O4/c1-2-25-17(24)4-3-11-19-15(22)9-10-16(23)21-14-7-5-13(6-8-14)12-20-18/h5-8,12H,2-4,9-11,18H2,1H3,(H,19,22)(H,21,23)/b20-12+.